The van der Waals surface area contributed by atoms with Gasteiger partial charge in [-0.3, -0.25) is 4.79 Å². The fourth-order valence-corrected chi connectivity index (χ4v) is 1.97. The van der Waals surface area contributed by atoms with Gasteiger partial charge in [0.15, 0.2) is 0 Å². The largest absolute Gasteiger partial charge is 0.396 e. The molecule has 1 aromatic rings. The van der Waals surface area contributed by atoms with Gasteiger partial charge >= 0.3 is 0 Å². The van der Waals surface area contributed by atoms with Crippen LogP contribution in [0.1, 0.15) is 37.3 Å². The Morgan fingerprint density at radius 2 is 2.11 bits per heavy atom. The highest BCUT2D eigenvalue weighted by Crippen LogP contribution is 2.09. The minimum atomic E-state index is 0.0681. The van der Waals surface area contributed by atoms with E-state index in [4.69, 9.17) is 5.11 Å². The minimum absolute atomic E-state index is 0.0681. The van der Waals surface area contributed by atoms with E-state index >= 15 is 0 Å². The average molecular weight is 249 g/mol. The fourth-order valence-electron chi connectivity index (χ4n) is 1.97. The Morgan fingerprint density at radius 3 is 2.72 bits per heavy atom. The van der Waals surface area contributed by atoms with E-state index < -0.39 is 0 Å². The van der Waals surface area contributed by atoms with Gasteiger partial charge < -0.3 is 10.4 Å². The van der Waals surface area contributed by atoms with Crippen LogP contribution >= 0.6 is 0 Å². The van der Waals surface area contributed by atoms with E-state index in [0.29, 0.717) is 12.8 Å². The molecule has 3 nitrogen and oxygen atoms in total. The van der Waals surface area contributed by atoms with Crippen molar-refractivity contribution in [2.75, 3.05) is 6.61 Å². The molecule has 0 saturated carbocycles. The summed E-state index contributed by atoms with van der Waals surface area (Å²) in [5, 5.41) is 11.8. The summed E-state index contributed by atoms with van der Waals surface area (Å²) in [5.74, 6) is 0.0681. The Labute approximate surface area is 109 Å². The first kappa shape index (κ1) is 14.7. The number of aliphatic hydroxyl groups excluding tert-OH is 1. The molecule has 0 aliphatic carbocycles. The third kappa shape index (κ3) is 4.88. The van der Waals surface area contributed by atoms with Crippen molar-refractivity contribution in [3.63, 3.8) is 0 Å². The number of hydrogen-bond acceptors (Lipinski definition) is 2. The van der Waals surface area contributed by atoms with Crippen LogP contribution in [-0.2, 0) is 11.2 Å². The van der Waals surface area contributed by atoms with Crippen LogP contribution in [-0.4, -0.2) is 23.7 Å². The second-order valence-corrected chi connectivity index (χ2v) is 4.61. The van der Waals surface area contributed by atoms with Crippen molar-refractivity contribution < 1.29 is 9.90 Å². The van der Waals surface area contributed by atoms with Crippen LogP contribution in [0.4, 0.5) is 0 Å². The Morgan fingerprint density at radius 1 is 1.39 bits per heavy atom. The lowest BCUT2D eigenvalue weighted by molar-refractivity contribution is -0.121. The molecule has 0 aliphatic heterocycles. The second-order valence-electron chi connectivity index (χ2n) is 4.61. The van der Waals surface area contributed by atoms with Gasteiger partial charge in [-0.2, -0.15) is 0 Å². The molecule has 1 rings (SSSR count). The zero-order valence-electron chi connectivity index (χ0n) is 11.3. The maximum absolute atomic E-state index is 11.8. The van der Waals surface area contributed by atoms with Gasteiger partial charge in [-0.1, -0.05) is 31.2 Å². The summed E-state index contributed by atoms with van der Waals surface area (Å²) in [4.78, 5) is 11.8. The molecule has 0 radical (unpaired) electrons. The summed E-state index contributed by atoms with van der Waals surface area (Å²) in [6.45, 7) is 4.20. The maximum atomic E-state index is 11.8. The predicted molar refractivity (Wildman–Crippen MR) is 73.4 cm³/mol. The molecule has 0 saturated heterocycles. The zero-order chi connectivity index (χ0) is 13.4. The van der Waals surface area contributed by atoms with Crippen LogP contribution in [0.25, 0.3) is 0 Å². The highest BCUT2D eigenvalue weighted by molar-refractivity contribution is 5.76. The Balaban J connectivity index is 2.39. The Kier molecular flexibility index (Phi) is 6.44. The van der Waals surface area contributed by atoms with Crippen molar-refractivity contribution in [1.82, 2.24) is 5.32 Å². The van der Waals surface area contributed by atoms with E-state index in [9.17, 15) is 4.79 Å². The first-order chi connectivity index (χ1) is 8.67. The minimum Gasteiger partial charge on any atom is -0.396 e. The zero-order valence-corrected chi connectivity index (χ0v) is 11.3. The van der Waals surface area contributed by atoms with E-state index in [1.54, 1.807) is 0 Å². The van der Waals surface area contributed by atoms with E-state index in [2.05, 4.69) is 24.4 Å². The fraction of sp³-hybridized carbons (Fsp3) is 0.533. The summed E-state index contributed by atoms with van der Waals surface area (Å²) in [6.07, 6.45) is 2.77. The van der Waals surface area contributed by atoms with Gasteiger partial charge in [0.2, 0.25) is 5.91 Å². The molecule has 0 heterocycles. The third-order valence-corrected chi connectivity index (χ3v) is 3.22. The van der Waals surface area contributed by atoms with Crippen molar-refractivity contribution in [2.45, 2.75) is 45.6 Å². The van der Waals surface area contributed by atoms with Gasteiger partial charge in [0, 0.05) is 19.1 Å². The number of aryl methyl sites for hydroxylation is 2. The van der Waals surface area contributed by atoms with Gasteiger partial charge in [-0.15, -0.1) is 0 Å². The van der Waals surface area contributed by atoms with Crippen LogP contribution in [0.3, 0.4) is 0 Å². The lowest BCUT2D eigenvalue weighted by Gasteiger charge is -2.15. The summed E-state index contributed by atoms with van der Waals surface area (Å²) < 4.78 is 0. The van der Waals surface area contributed by atoms with Crippen molar-refractivity contribution in [1.29, 1.82) is 0 Å². The van der Waals surface area contributed by atoms with E-state index in [0.717, 1.165) is 12.8 Å². The van der Waals surface area contributed by atoms with Crippen molar-refractivity contribution in [3.8, 4) is 0 Å². The molecule has 0 spiro atoms. The number of aliphatic hydroxyl groups is 1. The second kappa shape index (κ2) is 7.88. The number of benzene rings is 1. The van der Waals surface area contributed by atoms with Gasteiger partial charge in [-0.25, -0.2) is 0 Å². The lowest BCUT2D eigenvalue weighted by Crippen LogP contribution is -2.35. The van der Waals surface area contributed by atoms with Crippen molar-refractivity contribution in [3.05, 3.63) is 35.4 Å². The van der Waals surface area contributed by atoms with Crippen LogP contribution in [0, 0.1) is 6.92 Å². The molecule has 0 bridgehead atoms. The monoisotopic (exact) mass is 249 g/mol. The van der Waals surface area contributed by atoms with Gasteiger partial charge in [0.25, 0.3) is 0 Å². The van der Waals surface area contributed by atoms with Crippen molar-refractivity contribution >= 4 is 5.91 Å². The third-order valence-electron chi connectivity index (χ3n) is 3.22. The molecule has 18 heavy (non-hydrogen) atoms. The first-order valence-corrected chi connectivity index (χ1v) is 6.62. The average Bonchev–Trinajstić information content (AvgIpc) is 2.37. The highest BCUT2D eigenvalue weighted by Gasteiger charge is 2.10. The molecule has 1 atom stereocenters. The predicted octanol–water partition coefficient (Wildman–Crippen LogP) is 2.20. The first-order valence-electron chi connectivity index (χ1n) is 6.62. The van der Waals surface area contributed by atoms with E-state index in [1.807, 2.05) is 19.1 Å². The smallest absolute Gasteiger partial charge is 0.220 e. The molecule has 2 N–H and O–H groups in total. The van der Waals surface area contributed by atoms with Gasteiger partial charge in [-0.05, 0) is 37.3 Å². The molecule has 1 amide bonds. The topological polar surface area (TPSA) is 49.3 Å². The summed E-state index contributed by atoms with van der Waals surface area (Å²) >= 11 is 0. The molecule has 1 unspecified atom stereocenters. The number of carbonyl (C=O) groups is 1. The van der Waals surface area contributed by atoms with Crippen LogP contribution < -0.4 is 5.32 Å². The van der Waals surface area contributed by atoms with E-state index in [-0.39, 0.29) is 18.6 Å². The van der Waals surface area contributed by atoms with Crippen LogP contribution in [0.15, 0.2) is 24.3 Å². The van der Waals surface area contributed by atoms with Gasteiger partial charge in [0.05, 0.1) is 0 Å². The molecule has 0 aromatic heterocycles. The molecule has 0 fully saturated rings. The van der Waals surface area contributed by atoms with Crippen LogP contribution in [0.2, 0.25) is 0 Å². The SMILES string of the molecule is CCC(CCO)NC(=O)CCc1ccccc1C. The molecule has 3 heteroatoms. The number of rotatable bonds is 7. The standard InChI is InChI=1S/C15H23NO2/c1-3-14(10-11-17)16-15(18)9-8-13-7-5-4-6-12(13)2/h4-7,14,17H,3,8-11H2,1-2H3,(H,16,18). The lowest BCUT2D eigenvalue weighted by atomic mass is 10.0. The summed E-state index contributed by atoms with van der Waals surface area (Å²) in [6, 6.07) is 8.23. The Hall–Kier alpha value is -1.35. The number of hydrogen-bond donors (Lipinski definition) is 2. The molecule has 0 aliphatic rings. The number of carbonyl (C=O) groups excluding carboxylic acids is 1. The normalized spacial score (nSPS) is 12.2. The summed E-state index contributed by atoms with van der Waals surface area (Å²) in [7, 11) is 0. The number of amides is 1. The van der Waals surface area contributed by atoms with E-state index in [1.165, 1.54) is 11.1 Å². The number of nitrogens with one attached hydrogen (secondary N) is 1. The quantitative estimate of drug-likeness (QED) is 0.778. The highest BCUT2D eigenvalue weighted by atomic mass is 16.3. The molecular formula is C15H23NO2. The van der Waals surface area contributed by atoms with Gasteiger partial charge in [0.1, 0.15) is 0 Å². The van der Waals surface area contributed by atoms with Crippen LogP contribution in [0.5, 0.6) is 0 Å². The van der Waals surface area contributed by atoms with Crippen molar-refractivity contribution in [2.24, 2.45) is 0 Å². The molecule has 1 aromatic carbocycles. The molecule has 100 valence electrons. The Bertz CT molecular complexity index is 377. The summed E-state index contributed by atoms with van der Waals surface area (Å²) in [5.41, 5.74) is 2.45. The molecular weight excluding hydrogens is 226 g/mol. The maximum Gasteiger partial charge on any atom is 0.220 e.